The lowest BCUT2D eigenvalue weighted by Gasteiger charge is -2.37. The van der Waals surface area contributed by atoms with Gasteiger partial charge in [0.15, 0.2) is 0 Å². The number of hydrogen-bond donors (Lipinski definition) is 1. The van der Waals surface area contributed by atoms with Crippen molar-refractivity contribution in [2.75, 3.05) is 16.8 Å². The van der Waals surface area contributed by atoms with Crippen LogP contribution in [0.2, 0.25) is 0 Å². The number of hydrogen-bond acceptors (Lipinski definition) is 4. The van der Waals surface area contributed by atoms with Gasteiger partial charge in [-0.3, -0.25) is 14.5 Å². The van der Waals surface area contributed by atoms with Crippen molar-refractivity contribution in [2.24, 2.45) is 5.92 Å². The van der Waals surface area contributed by atoms with Gasteiger partial charge in [-0.25, -0.2) is 4.39 Å². The van der Waals surface area contributed by atoms with Crippen LogP contribution in [0.15, 0.2) is 84.6 Å². The van der Waals surface area contributed by atoms with Crippen molar-refractivity contribution >= 4 is 23.1 Å². The van der Waals surface area contributed by atoms with E-state index in [-0.39, 0.29) is 23.6 Å². The number of Topliss-reactive ketones (excluding diaryl/α,β-unsaturated/α-hetero) is 1. The summed E-state index contributed by atoms with van der Waals surface area (Å²) in [5.74, 6) is -3.77. The number of nitrogens with one attached hydrogen (secondary N) is 1. The molecule has 5 rings (SSSR count). The Labute approximate surface area is 235 Å². The molecule has 214 valence electrons. The molecule has 1 amide bonds. The number of allylic oxidation sites excluding steroid dienone is 1. The Kier molecular flexibility index (Phi) is 8.15. The number of unbranched alkanes of at least 4 members (excludes halogenated alkanes) is 2. The first-order valence-corrected chi connectivity index (χ1v) is 13.7. The van der Waals surface area contributed by atoms with Gasteiger partial charge in [-0.05, 0) is 53.9 Å². The molecule has 1 aliphatic heterocycles. The second-order valence-corrected chi connectivity index (χ2v) is 10.3. The average Bonchev–Trinajstić information content (AvgIpc) is 3.10. The lowest BCUT2D eigenvalue weighted by atomic mass is 9.76. The lowest BCUT2D eigenvalue weighted by Crippen LogP contribution is -2.47. The van der Waals surface area contributed by atoms with Crippen LogP contribution in [0.4, 0.5) is 28.9 Å². The van der Waals surface area contributed by atoms with Gasteiger partial charge in [0.05, 0.1) is 29.9 Å². The number of anilines is 2. The first-order valence-electron chi connectivity index (χ1n) is 13.7. The minimum absolute atomic E-state index is 0.0129. The van der Waals surface area contributed by atoms with Crippen LogP contribution < -0.4 is 15.0 Å². The number of ether oxygens (including phenoxy) is 1. The molecule has 3 aromatic carbocycles. The fourth-order valence-corrected chi connectivity index (χ4v) is 5.55. The third-order valence-corrected chi connectivity index (χ3v) is 7.52. The predicted molar refractivity (Wildman–Crippen MR) is 148 cm³/mol. The zero-order valence-electron chi connectivity index (χ0n) is 22.5. The summed E-state index contributed by atoms with van der Waals surface area (Å²) in [6.07, 6.45) is -0.473. The summed E-state index contributed by atoms with van der Waals surface area (Å²) in [6.45, 7) is 2.59. The van der Waals surface area contributed by atoms with Crippen LogP contribution in [0.3, 0.4) is 0 Å². The number of benzene rings is 3. The minimum atomic E-state index is -5.18. The summed E-state index contributed by atoms with van der Waals surface area (Å²) in [4.78, 5) is 27.6. The number of ketones is 1. The van der Waals surface area contributed by atoms with Crippen LogP contribution >= 0.6 is 0 Å². The largest absolute Gasteiger partial charge is 0.494 e. The third kappa shape index (κ3) is 5.99. The van der Waals surface area contributed by atoms with Crippen LogP contribution in [0.5, 0.6) is 5.75 Å². The number of alkyl halides is 3. The maximum absolute atomic E-state index is 14.1. The number of rotatable bonds is 7. The zero-order valence-corrected chi connectivity index (χ0v) is 22.5. The van der Waals surface area contributed by atoms with Gasteiger partial charge in [0.1, 0.15) is 17.3 Å². The molecule has 0 fully saturated rings. The van der Waals surface area contributed by atoms with Crippen LogP contribution in [0.25, 0.3) is 0 Å². The lowest BCUT2D eigenvalue weighted by molar-refractivity contribution is -0.171. The summed E-state index contributed by atoms with van der Waals surface area (Å²) in [6, 6.07) is 17.2. The van der Waals surface area contributed by atoms with Crippen LogP contribution in [-0.2, 0) is 9.59 Å². The maximum Gasteiger partial charge on any atom is 0.471 e. The second kappa shape index (κ2) is 11.8. The Bertz CT molecular complexity index is 1430. The van der Waals surface area contributed by atoms with Crippen molar-refractivity contribution < 1.29 is 31.9 Å². The van der Waals surface area contributed by atoms with Gasteiger partial charge in [-0.2, -0.15) is 13.2 Å². The van der Waals surface area contributed by atoms with E-state index in [2.05, 4.69) is 12.2 Å². The summed E-state index contributed by atoms with van der Waals surface area (Å²) in [5.41, 5.74) is 1.75. The highest BCUT2D eigenvalue weighted by Crippen LogP contribution is 2.49. The Balaban J connectivity index is 1.62. The minimum Gasteiger partial charge on any atom is -0.494 e. The summed E-state index contributed by atoms with van der Waals surface area (Å²) in [7, 11) is 0. The van der Waals surface area contributed by atoms with Gasteiger partial charge < -0.3 is 10.1 Å². The van der Waals surface area contributed by atoms with E-state index in [4.69, 9.17) is 4.74 Å². The van der Waals surface area contributed by atoms with Gasteiger partial charge in [0, 0.05) is 18.0 Å². The SMILES string of the molecule is CCCCCOc1ccc([C@H]2[C@@H]3C(=O)C[C@H](c4ccc(F)cc4)C=C3Nc3ccccc3N2C(=O)C(F)(F)F)cc1. The molecule has 1 heterocycles. The molecule has 1 N–H and O–H groups in total. The zero-order chi connectivity index (χ0) is 29.1. The first kappa shape index (κ1) is 28.4. The number of halogens is 4. The number of para-hydroxylation sites is 2. The van der Waals surface area contributed by atoms with Crippen LogP contribution in [-0.4, -0.2) is 24.5 Å². The molecule has 3 aromatic rings. The molecule has 41 heavy (non-hydrogen) atoms. The van der Waals surface area contributed by atoms with Crippen molar-refractivity contribution in [3.05, 3.63) is 102 Å². The predicted octanol–water partition coefficient (Wildman–Crippen LogP) is 7.71. The molecule has 2 aliphatic rings. The van der Waals surface area contributed by atoms with Gasteiger partial charge >= 0.3 is 12.1 Å². The molecule has 1 aliphatic carbocycles. The number of amides is 1. The molecule has 0 unspecified atom stereocenters. The highest BCUT2D eigenvalue weighted by atomic mass is 19.4. The van der Waals surface area contributed by atoms with E-state index in [1.807, 2.05) is 0 Å². The van der Waals surface area contributed by atoms with E-state index in [0.717, 1.165) is 19.3 Å². The second-order valence-electron chi connectivity index (χ2n) is 10.3. The van der Waals surface area contributed by atoms with Crippen LogP contribution in [0, 0.1) is 11.7 Å². The van der Waals surface area contributed by atoms with Gasteiger partial charge in [0.2, 0.25) is 0 Å². The standard InChI is InChI=1S/C32H30F4N2O3/c1-2-3-6-17-41-24-15-11-21(12-16-24)30-29-26(18-22(19-28(29)39)20-9-13-23(33)14-10-20)37-25-7-4-5-8-27(25)38(30)31(40)32(34,35)36/h4-5,7-16,18,22,29-30,37H,2-3,6,17,19H2,1H3/t22-,29+,30+/m1/s1. The number of carbonyl (C=O) groups is 2. The van der Waals surface area contributed by atoms with E-state index >= 15 is 0 Å². The van der Waals surface area contributed by atoms with E-state index < -0.39 is 35.8 Å². The number of fused-ring (bicyclic) bond motifs is 2. The highest BCUT2D eigenvalue weighted by molar-refractivity contribution is 6.03. The topological polar surface area (TPSA) is 58.6 Å². The Hall–Kier alpha value is -4.14. The molecule has 0 bridgehead atoms. The third-order valence-electron chi connectivity index (χ3n) is 7.52. The smallest absolute Gasteiger partial charge is 0.471 e. The van der Waals surface area contributed by atoms with E-state index in [1.165, 1.54) is 18.2 Å². The highest BCUT2D eigenvalue weighted by Gasteiger charge is 2.51. The molecular weight excluding hydrogens is 536 g/mol. The molecule has 0 saturated carbocycles. The summed E-state index contributed by atoms with van der Waals surface area (Å²) < 4.78 is 61.6. The molecule has 0 radical (unpaired) electrons. The quantitative estimate of drug-likeness (QED) is 0.235. The maximum atomic E-state index is 14.1. The average molecular weight is 567 g/mol. The molecule has 3 atom stereocenters. The number of nitrogens with zero attached hydrogens (tertiary/aromatic N) is 1. The van der Waals surface area contributed by atoms with Gasteiger partial charge in [-0.15, -0.1) is 0 Å². The Morgan fingerprint density at radius 3 is 2.34 bits per heavy atom. The van der Waals surface area contributed by atoms with Crippen molar-refractivity contribution in [1.29, 1.82) is 0 Å². The van der Waals surface area contributed by atoms with Crippen molar-refractivity contribution in [3.8, 4) is 5.75 Å². The molecule has 5 nitrogen and oxygen atoms in total. The molecule has 0 spiro atoms. The molecule has 0 aromatic heterocycles. The fraction of sp³-hybridized carbons (Fsp3) is 0.312. The molecule has 9 heteroatoms. The summed E-state index contributed by atoms with van der Waals surface area (Å²) in [5, 5.41) is 3.17. The van der Waals surface area contributed by atoms with Gasteiger partial charge in [0.25, 0.3) is 0 Å². The van der Waals surface area contributed by atoms with E-state index in [9.17, 15) is 27.2 Å². The Morgan fingerprint density at radius 1 is 0.976 bits per heavy atom. The number of carbonyl (C=O) groups excluding carboxylic acids is 2. The summed E-state index contributed by atoms with van der Waals surface area (Å²) >= 11 is 0. The normalized spacial score (nSPS) is 20.3. The molecule has 0 saturated heterocycles. The Morgan fingerprint density at radius 2 is 1.66 bits per heavy atom. The fourth-order valence-electron chi connectivity index (χ4n) is 5.55. The van der Waals surface area contributed by atoms with Crippen molar-refractivity contribution in [1.82, 2.24) is 0 Å². The van der Waals surface area contributed by atoms with Crippen molar-refractivity contribution in [2.45, 2.75) is 50.7 Å². The van der Waals surface area contributed by atoms with Crippen LogP contribution in [0.1, 0.15) is 55.7 Å². The van der Waals surface area contributed by atoms with E-state index in [0.29, 0.717) is 34.1 Å². The molecular formula is C32H30F4N2O3. The monoisotopic (exact) mass is 566 g/mol. The van der Waals surface area contributed by atoms with E-state index in [1.54, 1.807) is 60.7 Å². The first-order chi connectivity index (χ1) is 19.7. The van der Waals surface area contributed by atoms with Gasteiger partial charge in [-0.1, -0.05) is 62.2 Å². The van der Waals surface area contributed by atoms with Crippen molar-refractivity contribution in [3.63, 3.8) is 0 Å².